The smallest absolute Gasteiger partial charge is 0.133 e. The molecule has 0 aliphatic carbocycles. The maximum atomic E-state index is 4.58. The molecule has 0 radical (unpaired) electrons. The molecule has 18 heavy (non-hydrogen) atoms. The van der Waals surface area contributed by atoms with Gasteiger partial charge in [0.1, 0.15) is 5.82 Å². The zero-order valence-corrected chi connectivity index (χ0v) is 11.9. The van der Waals surface area contributed by atoms with Crippen LogP contribution >= 0.6 is 15.9 Å². The fourth-order valence-corrected chi connectivity index (χ4v) is 2.88. The van der Waals surface area contributed by atoms with E-state index in [9.17, 15) is 0 Å². The van der Waals surface area contributed by atoms with Crippen LogP contribution in [0.5, 0.6) is 0 Å². The average molecular weight is 303 g/mol. The van der Waals surface area contributed by atoms with Gasteiger partial charge in [0.15, 0.2) is 0 Å². The number of hydrogen-bond acceptors (Lipinski definition) is 2. The lowest BCUT2D eigenvalue weighted by molar-refractivity contribution is 0.750. The van der Waals surface area contributed by atoms with E-state index >= 15 is 0 Å². The number of halogens is 1. The molecule has 3 rings (SSSR count). The molecule has 2 aromatic rings. The van der Waals surface area contributed by atoms with Crippen LogP contribution in [0.15, 0.2) is 42.6 Å². The molecule has 2 heterocycles. The zero-order chi connectivity index (χ0) is 12.5. The summed E-state index contributed by atoms with van der Waals surface area (Å²) in [6.07, 6.45) is 3.04. The van der Waals surface area contributed by atoms with Crippen LogP contribution in [0, 0.1) is 0 Å². The summed E-state index contributed by atoms with van der Waals surface area (Å²) in [5.41, 5.74) is 3.92. The van der Waals surface area contributed by atoms with Gasteiger partial charge in [0.05, 0.1) is 0 Å². The Balaban J connectivity index is 2.00. The van der Waals surface area contributed by atoms with Crippen LogP contribution in [0.1, 0.15) is 18.1 Å². The molecule has 1 unspecified atom stereocenters. The summed E-state index contributed by atoms with van der Waals surface area (Å²) in [7, 11) is 0. The SMILES string of the molecule is CC1Cc2ccccc2N1c1ccc(CBr)cn1. The van der Waals surface area contributed by atoms with Crippen molar-refractivity contribution in [3.05, 3.63) is 53.7 Å². The summed E-state index contributed by atoms with van der Waals surface area (Å²) in [4.78, 5) is 6.90. The number of pyridine rings is 1. The quantitative estimate of drug-likeness (QED) is 0.778. The highest BCUT2D eigenvalue weighted by Gasteiger charge is 2.27. The predicted octanol–water partition coefficient (Wildman–Crippen LogP) is 4.06. The number of aromatic nitrogens is 1. The molecule has 1 aliphatic rings. The van der Waals surface area contributed by atoms with Crippen molar-refractivity contribution in [3.63, 3.8) is 0 Å². The topological polar surface area (TPSA) is 16.1 Å². The number of anilines is 2. The van der Waals surface area contributed by atoms with Crippen LogP contribution in [-0.2, 0) is 11.8 Å². The summed E-state index contributed by atoms with van der Waals surface area (Å²) in [5.74, 6) is 1.04. The number of nitrogens with zero attached hydrogens (tertiary/aromatic N) is 2. The van der Waals surface area contributed by atoms with Crippen LogP contribution in [0.4, 0.5) is 11.5 Å². The van der Waals surface area contributed by atoms with Crippen LogP contribution in [0.3, 0.4) is 0 Å². The third-order valence-corrected chi connectivity index (χ3v) is 4.06. The highest BCUT2D eigenvalue weighted by atomic mass is 79.9. The molecule has 92 valence electrons. The standard InChI is InChI=1S/C15H15BrN2/c1-11-8-13-4-2-3-5-14(13)18(11)15-7-6-12(9-16)10-17-15/h2-7,10-11H,8-9H2,1H3. The zero-order valence-electron chi connectivity index (χ0n) is 10.3. The second kappa shape index (κ2) is 4.73. The Kier molecular flexibility index (Phi) is 3.08. The fourth-order valence-electron chi connectivity index (χ4n) is 2.55. The molecule has 1 aromatic heterocycles. The van der Waals surface area contributed by atoms with E-state index in [-0.39, 0.29) is 0 Å². The van der Waals surface area contributed by atoms with Gasteiger partial charge in [-0.2, -0.15) is 0 Å². The minimum atomic E-state index is 0.477. The summed E-state index contributed by atoms with van der Waals surface area (Å²) in [6.45, 7) is 2.25. The Labute approximate surface area is 116 Å². The molecule has 1 aliphatic heterocycles. The molecule has 1 atom stereocenters. The minimum Gasteiger partial charge on any atom is -0.323 e. The van der Waals surface area contributed by atoms with E-state index in [4.69, 9.17) is 0 Å². The van der Waals surface area contributed by atoms with E-state index in [0.717, 1.165) is 17.6 Å². The van der Waals surface area contributed by atoms with E-state index in [1.54, 1.807) is 0 Å². The largest absolute Gasteiger partial charge is 0.323 e. The van der Waals surface area contributed by atoms with Crippen molar-refractivity contribution >= 4 is 27.4 Å². The van der Waals surface area contributed by atoms with E-state index in [2.05, 4.69) is 69.1 Å². The molecule has 0 bridgehead atoms. The molecule has 0 saturated carbocycles. The maximum absolute atomic E-state index is 4.58. The number of rotatable bonds is 2. The average Bonchev–Trinajstić information content (AvgIpc) is 2.75. The van der Waals surface area contributed by atoms with Gasteiger partial charge in [-0.3, -0.25) is 0 Å². The molecule has 0 N–H and O–H groups in total. The van der Waals surface area contributed by atoms with Gasteiger partial charge in [0.2, 0.25) is 0 Å². The van der Waals surface area contributed by atoms with Crippen molar-refractivity contribution in [1.82, 2.24) is 4.98 Å². The van der Waals surface area contributed by atoms with Crippen LogP contribution in [0.25, 0.3) is 0 Å². The fraction of sp³-hybridized carbons (Fsp3) is 0.267. The van der Waals surface area contributed by atoms with Crippen molar-refractivity contribution in [1.29, 1.82) is 0 Å². The predicted molar refractivity (Wildman–Crippen MR) is 78.6 cm³/mol. The Morgan fingerprint density at radius 2 is 2.11 bits per heavy atom. The lowest BCUT2D eigenvalue weighted by atomic mass is 10.1. The van der Waals surface area contributed by atoms with Gasteiger partial charge < -0.3 is 4.90 Å². The van der Waals surface area contributed by atoms with Gasteiger partial charge in [-0.1, -0.05) is 40.2 Å². The first-order chi connectivity index (χ1) is 8.79. The van der Waals surface area contributed by atoms with E-state index in [1.807, 2.05) is 6.20 Å². The van der Waals surface area contributed by atoms with Gasteiger partial charge in [-0.05, 0) is 36.6 Å². The second-order valence-electron chi connectivity index (χ2n) is 4.71. The van der Waals surface area contributed by atoms with E-state index < -0.39 is 0 Å². The normalized spacial score (nSPS) is 17.9. The van der Waals surface area contributed by atoms with Crippen molar-refractivity contribution in [3.8, 4) is 0 Å². The molecule has 2 nitrogen and oxygen atoms in total. The van der Waals surface area contributed by atoms with Gasteiger partial charge >= 0.3 is 0 Å². The van der Waals surface area contributed by atoms with Crippen molar-refractivity contribution in [2.45, 2.75) is 24.7 Å². The van der Waals surface area contributed by atoms with Gasteiger partial charge in [-0.15, -0.1) is 0 Å². The highest BCUT2D eigenvalue weighted by Crippen LogP contribution is 2.36. The number of hydrogen-bond donors (Lipinski definition) is 0. The molecule has 3 heteroatoms. The first-order valence-corrected chi connectivity index (χ1v) is 7.30. The number of benzene rings is 1. The molecular weight excluding hydrogens is 288 g/mol. The lowest BCUT2D eigenvalue weighted by Gasteiger charge is -2.23. The van der Waals surface area contributed by atoms with Crippen molar-refractivity contribution in [2.75, 3.05) is 4.90 Å². The monoisotopic (exact) mass is 302 g/mol. The second-order valence-corrected chi connectivity index (χ2v) is 5.27. The third-order valence-electron chi connectivity index (χ3n) is 3.42. The van der Waals surface area contributed by atoms with Gasteiger partial charge in [0, 0.05) is 23.3 Å². The summed E-state index contributed by atoms with van der Waals surface area (Å²) < 4.78 is 0. The molecule has 0 fully saturated rings. The Morgan fingerprint density at radius 3 is 2.83 bits per heavy atom. The Hall–Kier alpha value is -1.35. The molecular formula is C15H15BrN2. The first-order valence-electron chi connectivity index (χ1n) is 6.17. The third kappa shape index (κ3) is 1.93. The van der Waals surface area contributed by atoms with Crippen molar-refractivity contribution < 1.29 is 0 Å². The molecule has 0 saturated heterocycles. The summed E-state index contributed by atoms with van der Waals surface area (Å²) in [5, 5.41) is 0.854. The van der Waals surface area contributed by atoms with Crippen LogP contribution < -0.4 is 4.90 Å². The lowest BCUT2D eigenvalue weighted by Crippen LogP contribution is -2.24. The first kappa shape index (κ1) is 11.7. The van der Waals surface area contributed by atoms with Gasteiger partial charge in [0.25, 0.3) is 0 Å². The number of para-hydroxylation sites is 1. The number of alkyl halides is 1. The summed E-state index contributed by atoms with van der Waals surface area (Å²) >= 11 is 3.45. The number of fused-ring (bicyclic) bond motifs is 1. The maximum Gasteiger partial charge on any atom is 0.133 e. The minimum absolute atomic E-state index is 0.477. The van der Waals surface area contributed by atoms with Crippen LogP contribution in [0.2, 0.25) is 0 Å². The molecule has 0 spiro atoms. The van der Waals surface area contributed by atoms with Gasteiger partial charge in [-0.25, -0.2) is 4.98 Å². The van der Waals surface area contributed by atoms with Crippen molar-refractivity contribution in [2.24, 2.45) is 0 Å². The summed E-state index contributed by atoms with van der Waals surface area (Å²) in [6, 6.07) is 13.3. The molecule has 0 amide bonds. The van der Waals surface area contributed by atoms with E-state index in [1.165, 1.54) is 16.8 Å². The molecule has 1 aromatic carbocycles. The highest BCUT2D eigenvalue weighted by molar-refractivity contribution is 9.08. The van der Waals surface area contributed by atoms with Crippen LogP contribution in [-0.4, -0.2) is 11.0 Å². The Bertz CT molecular complexity index is 551. The Morgan fingerprint density at radius 1 is 1.28 bits per heavy atom. The van der Waals surface area contributed by atoms with E-state index in [0.29, 0.717) is 6.04 Å².